The van der Waals surface area contributed by atoms with Crippen LogP contribution >= 0.6 is 24.0 Å². The lowest BCUT2D eigenvalue weighted by molar-refractivity contribution is -0.123. The number of rotatable bonds is 9. The monoisotopic (exact) mass is 415 g/mol. The van der Waals surface area contributed by atoms with E-state index in [0.29, 0.717) is 22.8 Å². The van der Waals surface area contributed by atoms with Crippen LogP contribution in [0.4, 0.5) is 0 Å². The summed E-state index contributed by atoms with van der Waals surface area (Å²) in [4.78, 5) is 12.7. The highest BCUT2D eigenvalue weighted by Crippen LogP contribution is 2.10. The molecule has 2 aromatic rings. The molecule has 1 unspecified atom stereocenters. The zero-order chi connectivity index (χ0) is 19.2. The fourth-order valence-corrected chi connectivity index (χ4v) is 4.03. The number of thioether (sulfide) groups is 1. The number of carbonyl (C=O) groups is 1. The molecule has 1 aromatic carbocycles. The van der Waals surface area contributed by atoms with Crippen LogP contribution in [-0.2, 0) is 28.4 Å². The Balaban J connectivity index is 2.09. The van der Waals surface area contributed by atoms with Crippen molar-refractivity contribution >= 4 is 39.9 Å². The van der Waals surface area contributed by atoms with E-state index in [-0.39, 0.29) is 11.4 Å². The van der Waals surface area contributed by atoms with Crippen molar-refractivity contribution in [3.63, 3.8) is 0 Å². The summed E-state index contributed by atoms with van der Waals surface area (Å²) in [6.45, 7) is 0.144. The minimum Gasteiger partial charge on any atom is -0.347 e. The minimum atomic E-state index is -3.79. The third kappa shape index (κ3) is 5.40. The van der Waals surface area contributed by atoms with E-state index in [1.807, 2.05) is 6.26 Å². The first-order chi connectivity index (χ1) is 12.3. The predicted molar refractivity (Wildman–Crippen MR) is 104 cm³/mol. The Hall–Kier alpha value is -1.69. The Kier molecular flexibility index (Phi) is 7.38. The molecule has 0 fully saturated rings. The van der Waals surface area contributed by atoms with Crippen molar-refractivity contribution in [1.29, 1.82) is 0 Å². The largest absolute Gasteiger partial charge is 0.347 e. The molecule has 1 heterocycles. The summed E-state index contributed by atoms with van der Waals surface area (Å²) in [6.07, 6.45) is 2.27. The van der Waals surface area contributed by atoms with Gasteiger partial charge in [-0.05, 0) is 42.8 Å². The predicted octanol–water partition coefficient (Wildman–Crippen LogP) is 1.19. The zero-order valence-corrected chi connectivity index (χ0v) is 16.9. The first-order valence-corrected chi connectivity index (χ1v) is 11.1. The number of H-pyrrole nitrogens is 1. The molecule has 0 spiro atoms. The lowest BCUT2D eigenvalue weighted by atomic mass is 10.2. The van der Waals surface area contributed by atoms with Gasteiger partial charge in [-0.1, -0.05) is 18.2 Å². The first-order valence-electron chi connectivity index (χ1n) is 7.79. The molecule has 1 amide bonds. The van der Waals surface area contributed by atoms with Crippen molar-refractivity contribution in [3.05, 3.63) is 40.9 Å². The van der Waals surface area contributed by atoms with Gasteiger partial charge in [0.25, 0.3) is 0 Å². The van der Waals surface area contributed by atoms with Gasteiger partial charge in [-0.25, -0.2) is 8.42 Å². The molecule has 0 bridgehead atoms. The molecule has 8 nitrogen and oxygen atoms in total. The highest BCUT2D eigenvalue weighted by molar-refractivity contribution is 7.98. The molecular formula is C15H21N5O3S3. The van der Waals surface area contributed by atoms with Crippen molar-refractivity contribution < 1.29 is 13.2 Å². The number of carbonyl (C=O) groups excluding carboxylic acids is 1. The van der Waals surface area contributed by atoms with E-state index in [4.69, 9.17) is 12.2 Å². The fraction of sp³-hybridized carbons (Fsp3) is 0.400. The zero-order valence-electron chi connectivity index (χ0n) is 14.4. The molecule has 0 aliphatic rings. The SMILES string of the molecule is CSCCC(NS(=O)(=O)c1ccccc1)C(=O)NCc1n[nH]c(=S)n1C. The van der Waals surface area contributed by atoms with Crippen LogP contribution in [0.25, 0.3) is 0 Å². The van der Waals surface area contributed by atoms with Gasteiger partial charge in [0.05, 0.1) is 11.4 Å². The number of amides is 1. The molecule has 1 aromatic heterocycles. The molecule has 142 valence electrons. The van der Waals surface area contributed by atoms with E-state index in [9.17, 15) is 13.2 Å². The van der Waals surface area contributed by atoms with Gasteiger partial charge >= 0.3 is 0 Å². The molecule has 11 heteroatoms. The summed E-state index contributed by atoms with van der Waals surface area (Å²) in [7, 11) is -2.05. The summed E-state index contributed by atoms with van der Waals surface area (Å²) >= 11 is 6.57. The van der Waals surface area contributed by atoms with Gasteiger partial charge in [-0.2, -0.15) is 21.6 Å². The second-order valence-electron chi connectivity index (χ2n) is 5.49. The number of aromatic amines is 1. The standard InChI is InChI=1S/C15H21N5O3S3/c1-20-13(17-18-15(20)24)10-16-14(21)12(8-9-25-2)19-26(22,23)11-6-4-3-5-7-11/h3-7,12,19H,8-10H2,1-2H3,(H,16,21)(H,18,24). The Morgan fingerprint density at radius 1 is 1.38 bits per heavy atom. The molecule has 0 saturated carbocycles. The van der Waals surface area contributed by atoms with E-state index < -0.39 is 22.0 Å². The Labute approximate surface area is 161 Å². The lowest BCUT2D eigenvalue weighted by Crippen LogP contribution is -2.46. The van der Waals surface area contributed by atoms with E-state index >= 15 is 0 Å². The van der Waals surface area contributed by atoms with Crippen molar-refractivity contribution in [2.24, 2.45) is 7.05 Å². The van der Waals surface area contributed by atoms with Crippen molar-refractivity contribution in [3.8, 4) is 0 Å². The average Bonchev–Trinajstić information content (AvgIpc) is 2.95. The minimum absolute atomic E-state index is 0.122. The van der Waals surface area contributed by atoms with Crippen molar-refractivity contribution in [2.45, 2.75) is 23.9 Å². The van der Waals surface area contributed by atoms with Crippen molar-refractivity contribution in [2.75, 3.05) is 12.0 Å². The normalized spacial score (nSPS) is 12.7. The van der Waals surface area contributed by atoms with Gasteiger partial charge in [0, 0.05) is 7.05 Å². The second kappa shape index (κ2) is 9.31. The van der Waals surface area contributed by atoms with Gasteiger partial charge in [-0.15, -0.1) is 0 Å². The molecule has 0 radical (unpaired) electrons. The van der Waals surface area contributed by atoms with E-state index in [1.54, 1.807) is 29.8 Å². The number of aromatic nitrogens is 3. The third-order valence-electron chi connectivity index (χ3n) is 3.67. The van der Waals surface area contributed by atoms with E-state index in [0.717, 1.165) is 0 Å². The van der Waals surface area contributed by atoms with Gasteiger partial charge in [-0.3, -0.25) is 9.89 Å². The summed E-state index contributed by atoms with van der Waals surface area (Å²) in [5.74, 6) is 0.785. The van der Waals surface area contributed by atoms with E-state index in [2.05, 4.69) is 20.2 Å². The van der Waals surface area contributed by atoms with Crippen molar-refractivity contribution in [1.82, 2.24) is 24.8 Å². The molecule has 26 heavy (non-hydrogen) atoms. The van der Waals surface area contributed by atoms with Crippen LogP contribution in [0.3, 0.4) is 0 Å². The molecule has 1 atom stereocenters. The molecule has 3 N–H and O–H groups in total. The smallest absolute Gasteiger partial charge is 0.241 e. The summed E-state index contributed by atoms with van der Waals surface area (Å²) in [5.41, 5.74) is 0. The number of sulfonamides is 1. The van der Waals surface area contributed by atoms with Gasteiger partial charge in [0.15, 0.2) is 10.6 Å². The summed E-state index contributed by atoms with van der Waals surface area (Å²) in [5, 5.41) is 9.36. The molecule has 0 aliphatic carbocycles. The number of nitrogens with zero attached hydrogens (tertiary/aromatic N) is 2. The molecular weight excluding hydrogens is 394 g/mol. The number of hydrogen-bond donors (Lipinski definition) is 3. The topological polar surface area (TPSA) is 109 Å². The number of nitrogens with one attached hydrogen (secondary N) is 3. The quantitative estimate of drug-likeness (QED) is 0.531. The van der Waals surface area contributed by atoms with Gasteiger partial charge in [0.1, 0.15) is 6.04 Å². The maximum absolute atomic E-state index is 12.5. The van der Waals surface area contributed by atoms with Crippen LogP contribution in [0.15, 0.2) is 35.2 Å². The maximum Gasteiger partial charge on any atom is 0.241 e. The van der Waals surface area contributed by atoms with Crippen LogP contribution in [0.5, 0.6) is 0 Å². The lowest BCUT2D eigenvalue weighted by Gasteiger charge is -2.18. The average molecular weight is 416 g/mol. The van der Waals surface area contributed by atoms with Crippen LogP contribution in [0.1, 0.15) is 12.2 Å². The number of hydrogen-bond acceptors (Lipinski definition) is 6. The maximum atomic E-state index is 12.5. The molecule has 0 aliphatic heterocycles. The first kappa shape index (κ1) is 20.6. The Morgan fingerprint density at radius 2 is 2.08 bits per heavy atom. The Bertz CT molecular complexity index is 893. The van der Waals surface area contributed by atoms with Gasteiger partial charge < -0.3 is 9.88 Å². The Morgan fingerprint density at radius 3 is 2.65 bits per heavy atom. The van der Waals surface area contributed by atoms with Gasteiger partial charge in [0.2, 0.25) is 15.9 Å². The summed E-state index contributed by atoms with van der Waals surface area (Å²) < 4.78 is 29.6. The fourth-order valence-electron chi connectivity index (χ4n) is 2.16. The molecule has 0 saturated heterocycles. The number of benzene rings is 1. The van der Waals surface area contributed by atoms with Crippen LogP contribution < -0.4 is 10.0 Å². The van der Waals surface area contributed by atoms with E-state index in [1.165, 1.54) is 23.9 Å². The highest BCUT2D eigenvalue weighted by atomic mass is 32.2. The van der Waals surface area contributed by atoms with Crippen LogP contribution in [0.2, 0.25) is 0 Å². The van der Waals surface area contributed by atoms with Crippen LogP contribution in [0, 0.1) is 4.77 Å². The van der Waals surface area contributed by atoms with Crippen LogP contribution in [-0.4, -0.2) is 47.1 Å². The molecule has 2 rings (SSSR count). The summed E-state index contributed by atoms with van der Waals surface area (Å²) in [6, 6.07) is 7.10. The third-order valence-corrected chi connectivity index (χ3v) is 6.17. The second-order valence-corrected chi connectivity index (χ2v) is 8.58. The highest BCUT2D eigenvalue weighted by Gasteiger charge is 2.25.